The average Bonchev–Trinajstić information content (AvgIpc) is 3.83. The molecule has 6 rings (SSSR count). The molecule has 4 aromatic rings. The molecule has 2 aromatic carbocycles. The fourth-order valence-corrected chi connectivity index (χ4v) is 4.38. The van der Waals surface area contributed by atoms with Gasteiger partial charge in [-0.25, -0.2) is 0 Å². The van der Waals surface area contributed by atoms with E-state index >= 15 is 0 Å². The maximum absolute atomic E-state index is 11.2. The summed E-state index contributed by atoms with van der Waals surface area (Å²) in [5, 5.41) is 8.35. The summed E-state index contributed by atoms with van der Waals surface area (Å²) in [7, 11) is 1.65. The van der Waals surface area contributed by atoms with Gasteiger partial charge in [-0.2, -0.15) is 0 Å². The van der Waals surface area contributed by atoms with Crippen molar-refractivity contribution in [1.29, 1.82) is 0 Å². The van der Waals surface area contributed by atoms with Crippen molar-refractivity contribution in [3.63, 3.8) is 0 Å². The van der Waals surface area contributed by atoms with E-state index in [0.717, 1.165) is 58.6 Å². The summed E-state index contributed by atoms with van der Waals surface area (Å²) in [5.41, 5.74) is 7.67. The van der Waals surface area contributed by atoms with Gasteiger partial charge < -0.3 is 13.8 Å². The Morgan fingerprint density at radius 2 is 1.25 bits per heavy atom. The van der Waals surface area contributed by atoms with Crippen LogP contribution in [0.1, 0.15) is 76.1 Å². The van der Waals surface area contributed by atoms with Crippen LogP contribution in [0, 0.1) is 13.8 Å². The summed E-state index contributed by atoms with van der Waals surface area (Å²) >= 11 is 0. The number of benzene rings is 2. The third-order valence-corrected chi connectivity index (χ3v) is 6.70. The average molecular weight is 483 g/mol. The van der Waals surface area contributed by atoms with Gasteiger partial charge in [-0.05, 0) is 56.7 Å². The van der Waals surface area contributed by atoms with Crippen molar-refractivity contribution in [3.8, 4) is 22.5 Å². The molecule has 2 aromatic heterocycles. The number of carbonyl (C=O) groups is 1. The number of carbonyl (C=O) groups excluding carboxylic acids is 1. The Morgan fingerprint density at radius 1 is 0.778 bits per heavy atom. The van der Waals surface area contributed by atoms with Crippen molar-refractivity contribution < 1.29 is 18.6 Å². The third-order valence-electron chi connectivity index (χ3n) is 6.70. The lowest BCUT2D eigenvalue weighted by Gasteiger charge is -2.03. The molecule has 184 valence electrons. The van der Waals surface area contributed by atoms with Crippen LogP contribution in [0.25, 0.3) is 28.6 Å². The molecule has 0 unspecified atom stereocenters. The Morgan fingerprint density at radius 3 is 1.69 bits per heavy atom. The summed E-state index contributed by atoms with van der Waals surface area (Å²) in [6.07, 6.45) is 9.08. The largest absolute Gasteiger partial charge is 0.504 e. The fourth-order valence-electron chi connectivity index (χ4n) is 4.38. The van der Waals surface area contributed by atoms with Crippen LogP contribution in [0.5, 0.6) is 0 Å². The first kappa shape index (κ1) is 23.8. The second-order valence-electron chi connectivity index (χ2n) is 9.45. The van der Waals surface area contributed by atoms with E-state index < -0.39 is 0 Å². The molecule has 2 aliphatic carbocycles. The zero-order valence-corrected chi connectivity index (χ0v) is 20.9. The molecule has 0 aliphatic heterocycles. The van der Waals surface area contributed by atoms with Gasteiger partial charge in [0.2, 0.25) is 0 Å². The number of aldehydes is 1. The highest BCUT2D eigenvalue weighted by atomic mass is 16.5. The minimum atomic E-state index is 0.403. The second kappa shape index (κ2) is 10.4. The van der Waals surface area contributed by atoms with Crippen LogP contribution < -0.4 is 0 Å². The number of aromatic nitrogens is 2. The summed E-state index contributed by atoms with van der Waals surface area (Å²) in [5.74, 6) is 2.69. The van der Waals surface area contributed by atoms with Gasteiger partial charge >= 0.3 is 0 Å². The molecule has 0 amide bonds. The lowest BCUT2D eigenvalue weighted by Crippen LogP contribution is -1.90. The van der Waals surface area contributed by atoms with Gasteiger partial charge in [-0.1, -0.05) is 58.8 Å². The molecule has 6 heteroatoms. The highest BCUT2D eigenvalue weighted by Crippen LogP contribution is 2.45. The minimum Gasteiger partial charge on any atom is -0.504 e. The molecular weight excluding hydrogens is 452 g/mol. The van der Waals surface area contributed by atoms with E-state index in [0.29, 0.717) is 23.1 Å². The van der Waals surface area contributed by atoms with Gasteiger partial charge in [0.1, 0.15) is 17.1 Å². The second-order valence-corrected chi connectivity index (χ2v) is 9.45. The Labute approximate surface area is 210 Å². The molecule has 2 heterocycles. The van der Waals surface area contributed by atoms with E-state index in [-0.39, 0.29) is 0 Å². The molecular formula is C30H30N2O4. The molecule has 2 saturated carbocycles. The first-order valence-corrected chi connectivity index (χ1v) is 12.4. The van der Waals surface area contributed by atoms with E-state index in [1.807, 2.05) is 49.4 Å². The molecule has 2 fully saturated rings. The van der Waals surface area contributed by atoms with Crippen molar-refractivity contribution in [2.75, 3.05) is 7.11 Å². The highest BCUT2D eigenvalue weighted by Gasteiger charge is 2.33. The maximum atomic E-state index is 11.2. The molecule has 0 atom stereocenters. The number of aryl methyl sites for hydroxylation is 2. The van der Waals surface area contributed by atoms with Gasteiger partial charge in [0.15, 0.2) is 12.0 Å². The predicted molar refractivity (Wildman–Crippen MR) is 139 cm³/mol. The summed E-state index contributed by atoms with van der Waals surface area (Å²) < 4.78 is 15.9. The van der Waals surface area contributed by atoms with Crippen LogP contribution in [0.15, 0.2) is 63.8 Å². The molecule has 2 aliphatic rings. The lowest BCUT2D eigenvalue weighted by atomic mass is 10.0. The molecule has 0 N–H and O–H groups in total. The monoisotopic (exact) mass is 482 g/mol. The zero-order valence-electron chi connectivity index (χ0n) is 20.9. The number of nitrogens with zero attached hydrogens (tertiary/aromatic N) is 2. The van der Waals surface area contributed by atoms with Crippen LogP contribution in [-0.2, 0) is 4.74 Å². The van der Waals surface area contributed by atoms with Gasteiger partial charge in [0.25, 0.3) is 0 Å². The topological polar surface area (TPSA) is 78.4 Å². The Bertz CT molecular complexity index is 1390. The van der Waals surface area contributed by atoms with E-state index in [2.05, 4.69) is 29.4 Å². The van der Waals surface area contributed by atoms with E-state index in [1.165, 1.54) is 18.4 Å². The predicted octanol–water partition coefficient (Wildman–Crippen LogP) is 7.48. The third kappa shape index (κ3) is 4.89. The van der Waals surface area contributed by atoms with Crippen molar-refractivity contribution in [2.24, 2.45) is 0 Å². The first-order chi connectivity index (χ1) is 17.6. The Kier molecular flexibility index (Phi) is 6.85. The number of methoxy groups -OCH3 is 1. The van der Waals surface area contributed by atoms with Crippen LogP contribution in [0.2, 0.25) is 0 Å². The van der Waals surface area contributed by atoms with Crippen molar-refractivity contribution in [2.45, 2.75) is 51.4 Å². The van der Waals surface area contributed by atoms with Crippen LogP contribution >= 0.6 is 0 Å². The smallest absolute Gasteiger partial charge is 0.155 e. The first-order valence-electron chi connectivity index (χ1n) is 12.4. The molecule has 0 saturated heterocycles. The fraction of sp³-hybridized carbons (Fsp3) is 0.300. The molecule has 0 bridgehead atoms. The van der Waals surface area contributed by atoms with Crippen molar-refractivity contribution >= 4 is 12.4 Å². The van der Waals surface area contributed by atoms with Gasteiger partial charge in [-0.3, -0.25) is 4.79 Å². The van der Waals surface area contributed by atoms with Crippen molar-refractivity contribution in [1.82, 2.24) is 10.3 Å². The number of hydrogen-bond donors (Lipinski definition) is 0. The number of ether oxygens (including phenoxy) is 1. The summed E-state index contributed by atoms with van der Waals surface area (Å²) in [4.78, 5) is 11.2. The zero-order chi connectivity index (χ0) is 25.1. The lowest BCUT2D eigenvalue weighted by molar-refractivity contribution is 0.112. The standard InChI is InChI=1S/C16H17NO2.C14H13NO2/c1-11-5-3-4-6-13(11)15-14(9-10-18-2)16(19-17-15)12-7-8-12;1-9-4-2-3-5-11(9)13-12(8-16)14(17-15-13)10-6-7-10/h3-6,9-10,12H,7-8H2,1-2H3;2-5,8,10H,6-7H2,1H3/b10-9+;. The maximum Gasteiger partial charge on any atom is 0.155 e. The van der Waals surface area contributed by atoms with E-state index in [9.17, 15) is 4.79 Å². The van der Waals surface area contributed by atoms with Crippen LogP contribution in [0.3, 0.4) is 0 Å². The summed E-state index contributed by atoms with van der Waals surface area (Å²) in [6.45, 7) is 4.10. The highest BCUT2D eigenvalue weighted by molar-refractivity contribution is 5.88. The quantitative estimate of drug-likeness (QED) is 0.201. The van der Waals surface area contributed by atoms with Crippen molar-refractivity contribution in [3.05, 3.63) is 88.6 Å². The summed E-state index contributed by atoms with van der Waals surface area (Å²) in [6, 6.07) is 16.1. The normalized spacial score (nSPS) is 15.0. The number of hydrogen-bond acceptors (Lipinski definition) is 6. The number of rotatable bonds is 7. The van der Waals surface area contributed by atoms with E-state index in [4.69, 9.17) is 13.8 Å². The minimum absolute atomic E-state index is 0.403. The van der Waals surface area contributed by atoms with Crippen LogP contribution in [0.4, 0.5) is 0 Å². The molecule has 0 radical (unpaired) electrons. The van der Waals surface area contributed by atoms with Crippen LogP contribution in [-0.4, -0.2) is 23.7 Å². The molecule has 6 nitrogen and oxygen atoms in total. The molecule has 36 heavy (non-hydrogen) atoms. The SMILES string of the molecule is CO/C=C/c1c(-c2ccccc2C)noc1C1CC1.Cc1ccccc1-c1noc(C2CC2)c1C=O. The Balaban J connectivity index is 0.000000149. The van der Waals surface area contributed by atoms with Gasteiger partial charge in [0.05, 0.1) is 18.9 Å². The molecule has 0 spiro atoms. The van der Waals surface area contributed by atoms with Gasteiger partial charge in [0, 0.05) is 28.5 Å². The van der Waals surface area contributed by atoms with Gasteiger partial charge in [-0.15, -0.1) is 0 Å². The Hall–Kier alpha value is -3.93. The van der Waals surface area contributed by atoms with E-state index in [1.54, 1.807) is 13.4 Å².